The lowest BCUT2D eigenvalue weighted by Gasteiger charge is -2.38. The third kappa shape index (κ3) is 4.43. The average molecular weight is 595 g/mol. The van der Waals surface area contributed by atoms with Crippen LogP contribution >= 0.6 is 0 Å². The van der Waals surface area contributed by atoms with E-state index in [2.05, 4.69) is 5.32 Å². The van der Waals surface area contributed by atoms with Crippen LogP contribution in [0.3, 0.4) is 0 Å². The fraction of sp³-hybridized carbons (Fsp3) is 0.440. The lowest BCUT2D eigenvalue weighted by Crippen LogP contribution is -2.60. The number of carbonyl (C=O) groups excluding carboxylic acids is 2. The molecule has 0 bridgehead atoms. The molecule has 0 spiro atoms. The lowest BCUT2D eigenvalue weighted by molar-refractivity contribution is -0.376. The second-order valence-corrected chi connectivity index (χ2v) is 11.8. The number of nitrogens with zero attached hydrogens (tertiary/aromatic N) is 1. The summed E-state index contributed by atoms with van der Waals surface area (Å²) in [7, 11) is -4.49. The number of alkyl halides is 6. The molecule has 2 aliphatic rings. The van der Waals surface area contributed by atoms with Crippen molar-refractivity contribution in [2.75, 3.05) is 17.7 Å². The van der Waals surface area contributed by atoms with Crippen molar-refractivity contribution in [3.05, 3.63) is 65.2 Å². The van der Waals surface area contributed by atoms with Gasteiger partial charge in [-0.15, -0.1) is 0 Å². The first kappa shape index (κ1) is 29.8. The Hall–Kier alpha value is -3.17. The maximum atomic E-state index is 13.9. The molecule has 218 valence electrons. The van der Waals surface area contributed by atoms with E-state index < -0.39 is 61.9 Å². The summed E-state index contributed by atoms with van der Waals surface area (Å²) in [5.41, 5.74) is -6.79. The van der Waals surface area contributed by atoms with Gasteiger partial charge < -0.3 is 20.1 Å². The minimum Gasteiger partial charge on any atom is -0.369 e. The number of ether oxygens (including phenoxy) is 1. The molecule has 2 unspecified atom stereocenters. The molecule has 2 aliphatic heterocycles. The number of carbonyl (C=O) groups is 2. The highest BCUT2D eigenvalue weighted by molar-refractivity contribution is 7.93. The summed E-state index contributed by atoms with van der Waals surface area (Å²) in [6.45, 7) is 1.26. The number of rotatable bonds is 6. The first-order valence-corrected chi connectivity index (χ1v) is 13.7. The molecule has 2 amide bonds. The topological polar surface area (TPSA) is 113 Å². The van der Waals surface area contributed by atoms with Crippen molar-refractivity contribution in [2.45, 2.75) is 55.2 Å². The molecule has 2 heterocycles. The van der Waals surface area contributed by atoms with Gasteiger partial charge >= 0.3 is 12.4 Å². The Balaban J connectivity index is 1.79. The Bertz CT molecular complexity index is 1390. The summed E-state index contributed by atoms with van der Waals surface area (Å²) in [5.74, 6) is -2.61. The van der Waals surface area contributed by atoms with Crippen molar-refractivity contribution in [1.82, 2.24) is 4.90 Å². The minimum absolute atomic E-state index is 0.0131. The molecule has 40 heavy (non-hydrogen) atoms. The number of halogens is 6. The van der Waals surface area contributed by atoms with Crippen LogP contribution in [0.5, 0.6) is 0 Å². The van der Waals surface area contributed by atoms with E-state index in [1.54, 1.807) is 6.07 Å². The zero-order chi connectivity index (χ0) is 29.7. The van der Waals surface area contributed by atoms with Crippen LogP contribution < -0.4 is 5.32 Å². The largest absolute Gasteiger partial charge is 0.430 e. The van der Waals surface area contributed by atoms with Gasteiger partial charge in [-0.3, -0.25) is 9.59 Å². The van der Waals surface area contributed by atoms with Crippen molar-refractivity contribution in [3.8, 4) is 0 Å². The highest BCUT2D eigenvalue weighted by Crippen LogP contribution is 2.50. The number of sulfone groups is 1. The molecule has 2 aromatic carbocycles. The maximum Gasteiger partial charge on any atom is 0.430 e. The van der Waals surface area contributed by atoms with Gasteiger partial charge in [0.05, 0.1) is 5.75 Å². The Kier molecular flexibility index (Phi) is 7.47. The van der Waals surface area contributed by atoms with E-state index in [1.165, 1.54) is 25.1 Å². The average Bonchev–Trinajstić information content (AvgIpc) is 3.54. The van der Waals surface area contributed by atoms with Gasteiger partial charge in [0.15, 0.2) is 9.84 Å². The SMILES string of the molecule is CCS(=O)(=O)C1(C(=O)Nc2ccc(C(O)(C(F)(F)F)C(F)(F)F)cc2)c2ccccc2CN1C(=O)C1CCCO1. The third-order valence-corrected chi connectivity index (χ3v) is 9.37. The third-order valence-electron chi connectivity index (χ3n) is 7.08. The molecule has 0 radical (unpaired) electrons. The molecule has 8 nitrogen and oxygen atoms in total. The van der Waals surface area contributed by atoms with E-state index in [4.69, 9.17) is 4.74 Å². The van der Waals surface area contributed by atoms with Crippen LogP contribution in [0.2, 0.25) is 0 Å². The molecule has 0 aliphatic carbocycles. The number of hydrogen-bond donors (Lipinski definition) is 2. The molecule has 0 aromatic heterocycles. The number of fused-ring (bicyclic) bond motifs is 1. The lowest BCUT2D eigenvalue weighted by atomic mass is 9.92. The Morgan fingerprint density at radius 1 is 1.05 bits per heavy atom. The van der Waals surface area contributed by atoms with Crippen LogP contribution in [-0.2, 0) is 41.2 Å². The molecule has 1 fully saturated rings. The standard InChI is InChI=1S/C25H24F6N2O6S/c1-2-40(37,38)22(18-7-4-3-6-15(18)14-33(22)20(34)19-8-5-13-39-19)21(35)32-17-11-9-16(10-12-17)23(36,24(26,27)28)25(29,30)31/h3-4,6-7,9-12,19,36H,2,5,8,13-14H2,1H3,(H,32,35). The fourth-order valence-electron chi connectivity index (χ4n) is 5.02. The van der Waals surface area contributed by atoms with Gasteiger partial charge in [0.2, 0.25) is 0 Å². The minimum atomic E-state index is -6.12. The Morgan fingerprint density at radius 3 is 2.17 bits per heavy atom. The second kappa shape index (κ2) is 10.0. The van der Waals surface area contributed by atoms with Gasteiger partial charge in [-0.25, -0.2) is 8.42 Å². The zero-order valence-electron chi connectivity index (χ0n) is 20.8. The summed E-state index contributed by atoms with van der Waals surface area (Å²) in [6.07, 6.45) is -12.4. The van der Waals surface area contributed by atoms with E-state index >= 15 is 0 Å². The van der Waals surface area contributed by atoms with E-state index in [9.17, 15) is 49.5 Å². The van der Waals surface area contributed by atoms with Crippen molar-refractivity contribution >= 4 is 27.3 Å². The number of amides is 2. The first-order chi connectivity index (χ1) is 18.5. The summed E-state index contributed by atoms with van der Waals surface area (Å²) < 4.78 is 112. The van der Waals surface area contributed by atoms with E-state index in [-0.39, 0.29) is 24.4 Å². The monoisotopic (exact) mass is 594 g/mol. The molecular formula is C25H24F6N2O6S. The molecule has 2 atom stereocenters. The van der Waals surface area contributed by atoms with Gasteiger partial charge in [0.25, 0.3) is 22.3 Å². The quantitative estimate of drug-likeness (QED) is 0.493. The number of nitrogens with one attached hydrogen (secondary N) is 1. The van der Waals surface area contributed by atoms with E-state index in [0.29, 0.717) is 42.7 Å². The first-order valence-electron chi connectivity index (χ1n) is 12.0. The summed E-state index contributed by atoms with van der Waals surface area (Å²) in [6, 6.07) is 7.91. The van der Waals surface area contributed by atoms with Crippen molar-refractivity contribution in [2.24, 2.45) is 0 Å². The number of anilines is 1. The van der Waals surface area contributed by atoms with Crippen molar-refractivity contribution in [1.29, 1.82) is 0 Å². The predicted molar refractivity (Wildman–Crippen MR) is 128 cm³/mol. The van der Waals surface area contributed by atoms with Crippen LogP contribution in [0.15, 0.2) is 48.5 Å². The molecular weight excluding hydrogens is 570 g/mol. The smallest absolute Gasteiger partial charge is 0.369 e. The summed E-state index contributed by atoms with van der Waals surface area (Å²) in [5, 5.41) is 11.9. The van der Waals surface area contributed by atoms with Crippen LogP contribution in [0.4, 0.5) is 32.0 Å². The maximum absolute atomic E-state index is 13.9. The number of benzene rings is 2. The van der Waals surface area contributed by atoms with Gasteiger partial charge in [-0.05, 0) is 30.5 Å². The van der Waals surface area contributed by atoms with Crippen molar-refractivity contribution in [3.63, 3.8) is 0 Å². The van der Waals surface area contributed by atoms with Gasteiger partial charge in [0.1, 0.15) is 6.10 Å². The molecule has 4 rings (SSSR count). The van der Waals surface area contributed by atoms with Gasteiger partial charge in [-0.1, -0.05) is 43.3 Å². The zero-order valence-corrected chi connectivity index (χ0v) is 21.7. The highest BCUT2D eigenvalue weighted by Gasteiger charge is 2.71. The Labute approximate surface area is 224 Å². The van der Waals surface area contributed by atoms with Crippen LogP contribution in [0.1, 0.15) is 36.5 Å². The van der Waals surface area contributed by atoms with E-state index in [0.717, 1.165) is 4.90 Å². The van der Waals surface area contributed by atoms with Gasteiger partial charge in [0, 0.05) is 30.0 Å². The van der Waals surface area contributed by atoms with Gasteiger partial charge in [-0.2, -0.15) is 26.3 Å². The highest BCUT2D eigenvalue weighted by atomic mass is 32.2. The summed E-state index contributed by atoms with van der Waals surface area (Å²) >= 11 is 0. The number of hydrogen-bond acceptors (Lipinski definition) is 6. The van der Waals surface area contributed by atoms with Crippen molar-refractivity contribution < 1.29 is 54.2 Å². The van der Waals surface area contributed by atoms with Crippen LogP contribution in [0.25, 0.3) is 0 Å². The molecule has 15 heteroatoms. The number of aliphatic hydroxyl groups is 1. The normalized spacial score (nSPS) is 21.8. The molecule has 1 saturated heterocycles. The van der Waals surface area contributed by atoms with Crippen LogP contribution in [-0.4, -0.2) is 61.1 Å². The fourth-order valence-corrected chi connectivity index (χ4v) is 6.80. The molecule has 0 saturated carbocycles. The van der Waals surface area contributed by atoms with E-state index in [1.807, 2.05) is 0 Å². The molecule has 2 N–H and O–H groups in total. The molecule has 2 aromatic rings. The second-order valence-electron chi connectivity index (χ2n) is 9.37. The Morgan fingerprint density at radius 2 is 1.65 bits per heavy atom. The predicted octanol–water partition coefficient (Wildman–Crippen LogP) is 3.75. The summed E-state index contributed by atoms with van der Waals surface area (Å²) in [4.78, 5) is 25.7. The van der Waals surface area contributed by atoms with Crippen LogP contribution in [0, 0.1) is 0 Å².